The summed E-state index contributed by atoms with van der Waals surface area (Å²) in [5.74, 6) is 1.22. The molecule has 6 heavy (non-hydrogen) atoms. The van der Waals surface area contributed by atoms with Gasteiger partial charge in [-0.1, -0.05) is 13.3 Å². The Kier molecular flexibility index (Phi) is 5.66. The lowest BCUT2D eigenvalue weighted by Crippen LogP contribution is -1.70. The molecule has 0 spiro atoms. The molecule has 1 radical (unpaired) electrons. The summed E-state index contributed by atoms with van der Waals surface area (Å²) in [6.45, 7) is 2.19. The molecule has 0 unspecified atom stereocenters. The summed E-state index contributed by atoms with van der Waals surface area (Å²) >= 11 is 1.68. The van der Waals surface area contributed by atoms with E-state index in [9.17, 15) is 0 Å². The molecule has 0 nitrogen and oxygen atoms in total. The van der Waals surface area contributed by atoms with Crippen LogP contribution in [0.15, 0.2) is 0 Å². The van der Waals surface area contributed by atoms with Gasteiger partial charge in [0.05, 0.1) is 0 Å². The van der Waals surface area contributed by atoms with Gasteiger partial charge in [0.1, 0.15) is 0 Å². The Morgan fingerprint density at radius 3 is 2.50 bits per heavy atom. The molecule has 0 N–H and O–H groups in total. The van der Waals surface area contributed by atoms with E-state index >= 15 is 0 Å². The maximum atomic E-state index is 3.64. The molecule has 37 valence electrons. The van der Waals surface area contributed by atoms with E-state index in [1.807, 2.05) is 0 Å². The topological polar surface area (TPSA) is 0 Å². The zero-order valence-electron chi connectivity index (χ0n) is 4.24. The van der Waals surface area contributed by atoms with E-state index in [1.54, 1.807) is 11.8 Å². The third-order valence-electron chi connectivity index (χ3n) is 0.642. The fourth-order valence-corrected chi connectivity index (χ4v) is 0.739. The predicted molar refractivity (Wildman–Crippen MR) is 32.7 cm³/mol. The first-order valence-corrected chi connectivity index (χ1v) is 3.44. The van der Waals surface area contributed by atoms with Crippen LogP contribution in [0.4, 0.5) is 0 Å². The van der Waals surface area contributed by atoms with E-state index in [0.29, 0.717) is 0 Å². The largest absolute Gasteiger partial charge is 0.161 e. The highest BCUT2D eigenvalue weighted by atomic mass is 32.2. The van der Waals surface area contributed by atoms with E-state index in [2.05, 4.69) is 13.2 Å². The molecule has 0 fully saturated rings. The van der Waals surface area contributed by atoms with Gasteiger partial charge in [-0.15, -0.1) is 0 Å². The average Bonchev–Trinajstić information content (AvgIpc) is 1.61. The van der Waals surface area contributed by atoms with Gasteiger partial charge in [0.15, 0.2) is 0 Å². The number of hydrogen-bond donors (Lipinski definition) is 0. The fraction of sp³-hybridized carbons (Fsp3) is 0.800. The van der Waals surface area contributed by atoms with Crippen molar-refractivity contribution in [3.63, 3.8) is 0 Å². The molecule has 0 aliphatic carbocycles. The van der Waals surface area contributed by atoms with Crippen molar-refractivity contribution in [1.82, 2.24) is 0 Å². The van der Waals surface area contributed by atoms with E-state index in [0.717, 1.165) is 0 Å². The van der Waals surface area contributed by atoms with Gasteiger partial charge in [0.25, 0.3) is 0 Å². The third-order valence-corrected chi connectivity index (χ3v) is 1.22. The molecule has 0 rings (SSSR count). The minimum absolute atomic E-state index is 1.22. The average molecular weight is 103 g/mol. The molecular formula is C5H11S. The molecule has 0 amide bonds. The predicted octanol–water partition coefficient (Wildman–Crippen LogP) is 2.31. The quantitative estimate of drug-likeness (QED) is 0.494. The Labute approximate surface area is 44.3 Å². The van der Waals surface area contributed by atoms with Gasteiger partial charge < -0.3 is 0 Å². The van der Waals surface area contributed by atoms with E-state index in [4.69, 9.17) is 0 Å². The van der Waals surface area contributed by atoms with Gasteiger partial charge in [-0.05, 0) is 12.2 Å². The second kappa shape index (κ2) is 5.35. The Balaban J connectivity index is 2.34. The van der Waals surface area contributed by atoms with Crippen LogP contribution in [0.1, 0.15) is 19.8 Å². The van der Waals surface area contributed by atoms with Crippen LogP contribution in [0.5, 0.6) is 0 Å². The Morgan fingerprint density at radius 2 is 2.33 bits per heavy atom. The summed E-state index contributed by atoms with van der Waals surface area (Å²) in [7, 11) is 0. The number of rotatable bonds is 3. The molecule has 0 aromatic carbocycles. The lowest BCUT2D eigenvalue weighted by atomic mass is 10.4. The Hall–Kier alpha value is 0.350. The molecule has 0 aliphatic rings. The molecule has 0 aromatic rings. The maximum Gasteiger partial charge on any atom is 0.00235 e. The second-order valence-electron chi connectivity index (χ2n) is 1.26. The van der Waals surface area contributed by atoms with Gasteiger partial charge in [-0.25, -0.2) is 0 Å². The summed E-state index contributed by atoms with van der Waals surface area (Å²) in [6, 6.07) is 0. The fourth-order valence-electron chi connectivity index (χ4n) is 0.246. The molecule has 0 saturated heterocycles. The first kappa shape index (κ1) is 6.35. The van der Waals surface area contributed by atoms with Crippen molar-refractivity contribution in [2.75, 3.05) is 5.75 Å². The smallest absolute Gasteiger partial charge is 0.00235 e. The van der Waals surface area contributed by atoms with E-state index in [1.165, 1.54) is 18.6 Å². The molecule has 0 heterocycles. The number of thioether (sulfide) groups is 1. The highest BCUT2D eigenvalue weighted by Crippen LogP contribution is 1.98. The van der Waals surface area contributed by atoms with Crippen molar-refractivity contribution in [2.45, 2.75) is 19.8 Å². The van der Waals surface area contributed by atoms with Crippen LogP contribution >= 0.6 is 11.8 Å². The van der Waals surface area contributed by atoms with Gasteiger partial charge in [0, 0.05) is 6.26 Å². The summed E-state index contributed by atoms with van der Waals surface area (Å²) in [5.41, 5.74) is 0. The lowest BCUT2D eigenvalue weighted by Gasteiger charge is -1.86. The van der Waals surface area contributed by atoms with Gasteiger partial charge in [-0.3, -0.25) is 0 Å². The molecule has 0 atom stereocenters. The van der Waals surface area contributed by atoms with Crippen molar-refractivity contribution >= 4 is 11.8 Å². The Morgan fingerprint density at radius 1 is 1.67 bits per heavy atom. The Bertz CT molecular complexity index is 15.9. The minimum Gasteiger partial charge on any atom is -0.161 e. The molecule has 0 aliphatic heterocycles. The highest BCUT2D eigenvalue weighted by Gasteiger charge is 1.75. The van der Waals surface area contributed by atoms with Crippen LogP contribution in [0, 0.1) is 6.26 Å². The normalized spacial score (nSPS) is 9.00. The molecule has 0 saturated carbocycles. The minimum atomic E-state index is 1.22. The van der Waals surface area contributed by atoms with Crippen LogP contribution in [0.25, 0.3) is 0 Å². The SMILES string of the molecule is [CH2]SCCCC. The van der Waals surface area contributed by atoms with Crippen LogP contribution < -0.4 is 0 Å². The van der Waals surface area contributed by atoms with Crippen molar-refractivity contribution in [2.24, 2.45) is 0 Å². The first-order valence-electron chi connectivity index (χ1n) is 2.28. The van der Waals surface area contributed by atoms with Crippen molar-refractivity contribution in [3.8, 4) is 0 Å². The standard InChI is InChI=1S/C5H11S/c1-3-4-5-6-2/h2-5H2,1H3. The number of hydrogen-bond acceptors (Lipinski definition) is 1. The summed E-state index contributed by atoms with van der Waals surface area (Å²) in [6.07, 6.45) is 6.25. The van der Waals surface area contributed by atoms with Gasteiger partial charge in [0.2, 0.25) is 0 Å². The summed E-state index contributed by atoms with van der Waals surface area (Å²) in [5, 5.41) is 0. The molecular weight excluding hydrogens is 92.1 g/mol. The van der Waals surface area contributed by atoms with Crippen LogP contribution in [-0.4, -0.2) is 5.75 Å². The lowest BCUT2D eigenvalue weighted by molar-refractivity contribution is 0.898. The van der Waals surface area contributed by atoms with Crippen molar-refractivity contribution in [1.29, 1.82) is 0 Å². The van der Waals surface area contributed by atoms with Crippen LogP contribution in [-0.2, 0) is 0 Å². The summed E-state index contributed by atoms with van der Waals surface area (Å²) < 4.78 is 0. The highest BCUT2D eigenvalue weighted by molar-refractivity contribution is 8.00. The monoisotopic (exact) mass is 103 g/mol. The van der Waals surface area contributed by atoms with Gasteiger partial charge in [-0.2, -0.15) is 11.8 Å². The third kappa shape index (κ3) is 4.35. The van der Waals surface area contributed by atoms with Crippen molar-refractivity contribution < 1.29 is 0 Å². The molecule has 0 aromatic heterocycles. The second-order valence-corrected chi connectivity index (χ2v) is 2.08. The van der Waals surface area contributed by atoms with Crippen molar-refractivity contribution in [3.05, 3.63) is 6.26 Å². The zero-order valence-corrected chi connectivity index (χ0v) is 5.05. The summed E-state index contributed by atoms with van der Waals surface area (Å²) in [4.78, 5) is 0. The maximum absolute atomic E-state index is 3.64. The van der Waals surface area contributed by atoms with Crippen LogP contribution in [0.2, 0.25) is 0 Å². The number of unbranched alkanes of at least 4 members (excludes halogenated alkanes) is 1. The van der Waals surface area contributed by atoms with Gasteiger partial charge >= 0.3 is 0 Å². The van der Waals surface area contributed by atoms with E-state index < -0.39 is 0 Å². The zero-order chi connectivity index (χ0) is 4.83. The molecule has 1 heteroatoms. The molecule has 0 bridgehead atoms. The van der Waals surface area contributed by atoms with E-state index in [-0.39, 0.29) is 0 Å². The first-order chi connectivity index (χ1) is 2.91. The van der Waals surface area contributed by atoms with Crippen LogP contribution in [0.3, 0.4) is 0 Å².